The molecule has 0 aliphatic heterocycles. The highest BCUT2D eigenvalue weighted by molar-refractivity contribution is 6.10. The topological polar surface area (TPSA) is 78.4 Å². The number of hydrogen-bond acceptors (Lipinski definition) is 3. The summed E-state index contributed by atoms with van der Waals surface area (Å²) >= 11 is 0. The third kappa shape index (κ3) is 4.15. The van der Waals surface area contributed by atoms with Crippen LogP contribution < -0.4 is 10.6 Å². The molecule has 0 radical (unpaired) electrons. The van der Waals surface area contributed by atoms with Crippen LogP contribution in [0.3, 0.4) is 0 Å². The van der Waals surface area contributed by atoms with Gasteiger partial charge < -0.3 is 15.7 Å². The van der Waals surface area contributed by atoms with Crippen molar-refractivity contribution in [3.63, 3.8) is 0 Å². The van der Waals surface area contributed by atoms with E-state index in [9.17, 15) is 14.7 Å². The van der Waals surface area contributed by atoms with Crippen LogP contribution in [0.15, 0.2) is 66.7 Å². The molecule has 0 atom stereocenters. The van der Waals surface area contributed by atoms with Crippen LogP contribution in [0.2, 0.25) is 0 Å². The number of rotatable bonds is 4. The number of amides is 2. The van der Waals surface area contributed by atoms with E-state index in [1.807, 2.05) is 50.2 Å². The average Bonchev–Trinajstić information content (AvgIpc) is 2.65. The van der Waals surface area contributed by atoms with E-state index in [1.165, 1.54) is 18.2 Å². The Hall–Kier alpha value is -3.60. The Morgan fingerprint density at radius 2 is 1.26 bits per heavy atom. The molecule has 0 aliphatic carbocycles. The number of para-hydroxylation sites is 2. The second kappa shape index (κ2) is 7.74. The van der Waals surface area contributed by atoms with Crippen molar-refractivity contribution in [2.24, 2.45) is 0 Å². The lowest BCUT2D eigenvalue weighted by atomic mass is 10.1. The first-order valence-electron chi connectivity index (χ1n) is 8.52. The van der Waals surface area contributed by atoms with Gasteiger partial charge in [-0.15, -0.1) is 0 Å². The molecule has 136 valence electrons. The first-order chi connectivity index (χ1) is 13.0. The minimum absolute atomic E-state index is 0.0377. The summed E-state index contributed by atoms with van der Waals surface area (Å²) in [5, 5.41) is 15.7. The van der Waals surface area contributed by atoms with Gasteiger partial charge in [0.1, 0.15) is 5.75 Å². The number of phenols is 1. The molecular weight excluding hydrogens is 340 g/mol. The number of carbonyl (C=O) groups excluding carboxylic acids is 2. The molecule has 3 N–H and O–H groups in total. The van der Waals surface area contributed by atoms with Gasteiger partial charge in [-0.05, 0) is 55.3 Å². The first-order valence-corrected chi connectivity index (χ1v) is 8.52. The number of phenolic OH excluding ortho intramolecular Hbond substituents is 1. The summed E-state index contributed by atoms with van der Waals surface area (Å²) in [7, 11) is 0. The van der Waals surface area contributed by atoms with Crippen LogP contribution in [0.25, 0.3) is 0 Å². The molecule has 0 bridgehead atoms. The van der Waals surface area contributed by atoms with Gasteiger partial charge in [0.05, 0.1) is 5.56 Å². The predicted octanol–water partition coefficient (Wildman–Crippen LogP) is 4.51. The van der Waals surface area contributed by atoms with Crippen LogP contribution in [0, 0.1) is 13.8 Å². The van der Waals surface area contributed by atoms with Gasteiger partial charge in [-0.25, -0.2) is 0 Å². The zero-order chi connectivity index (χ0) is 19.4. The van der Waals surface area contributed by atoms with E-state index in [2.05, 4.69) is 10.6 Å². The van der Waals surface area contributed by atoms with Gasteiger partial charge in [-0.2, -0.15) is 0 Å². The van der Waals surface area contributed by atoms with E-state index in [0.717, 1.165) is 11.1 Å². The molecule has 0 saturated heterocycles. The molecule has 5 heteroatoms. The zero-order valence-electron chi connectivity index (χ0n) is 15.1. The molecule has 0 aliphatic rings. The van der Waals surface area contributed by atoms with Crippen LogP contribution >= 0.6 is 0 Å². The van der Waals surface area contributed by atoms with Gasteiger partial charge >= 0.3 is 0 Å². The Morgan fingerprint density at radius 3 is 1.81 bits per heavy atom. The van der Waals surface area contributed by atoms with Crippen molar-refractivity contribution in [3.05, 3.63) is 89.0 Å². The molecule has 0 fully saturated rings. The van der Waals surface area contributed by atoms with Crippen molar-refractivity contribution in [2.45, 2.75) is 13.8 Å². The molecule has 3 aromatic rings. The maximum Gasteiger partial charge on any atom is 0.259 e. The summed E-state index contributed by atoms with van der Waals surface area (Å²) in [4.78, 5) is 25.1. The Labute approximate surface area is 157 Å². The average molecular weight is 360 g/mol. The van der Waals surface area contributed by atoms with E-state index in [-0.39, 0.29) is 22.8 Å². The number of anilines is 2. The molecule has 3 aromatic carbocycles. The minimum Gasteiger partial charge on any atom is -0.507 e. The Morgan fingerprint density at radius 1 is 0.741 bits per heavy atom. The monoisotopic (exact) mass is 360 g/mol. The van der Waals surface area contributed by atoms with Gasteiger partial charge in [-0.3, -0.25) is 9.59 Å². The van der Waals surface area contributed by atoms with Gasteiger partial charge in [0, 0.05) is 16.9 Å². The van der Waals surface area contributed by atoms with Crippen molar-refractivity contribution in [3.8, 4) is 5.75 Å². The molecule has 2 amide bonds. The Bertz CT molecular complexity index is 1010. The van der Waals surface area contributed by atoms with Gasteiger partial charge in [0.2, 0.25) is 0 Å². The summed E-state index contributed by atoms with van der Waals surface area (Å²) in [6.45, 7) is 3.77. The van der Waals surface area contributed by atoms with Gasteiger partial charge in [0.25, 0.3) is 11.8 Å². The molecule has 0 heterocycles. The van der Waals surface area contributed by atoms with Crippen LogP contribution in [0.1, 0.15) is 31.8 Å². The second-order valence-electron chi connectivity index (χ2n) is 6.27. The SMILES string of the molecule is Cc1ccccc1NC(=O)c1ccc(O)c(C(=O)Nc2ccccc2C)c1. The highest BCUT2D eigenvalue weighted by Crippen LogP contribution is 2.23. The van der Waals surface area contributed by atoms with Gasteiger partial charge in [0.15, 0.2) is 0 Å². The number of hydrogen-bond donors (Lipinski definition) is 3. The van der Waals surface area contributed by atoms with Crippen molar-refractivity contribution in [2.75, 3.05) is 10.6 Å². The van der Waals surface area contributed by atoms with Crippen LogP contribution in [0.4, 0.5) is 11.4 Å². The maximum absolute atomic E-state index is 12.6. The first kappa shape index (κ1) is 18.2. The Balaban J connectivity index is 1.83. The number of aromatic hydroxyl groups is 1. The molecule has 0 spiro atoms. The highest BCUT2D eigenvalue weighted by atomic mass is 16.3. The summed E-state index contributed by atoms with van der Waals surface area (Å²) in [6.07, 6.45) is 0. The number of aryl methyl sites for hydroxylation is 2. The number of benzene rings is 3. The summed E-state index contributed by atoms with van der Waals surface area (Å²) in [5.41, 5.74) is 3.50. The normalized spacial score (nSPS) is 10.3. The summed E-state index contributed by atoms with van der Waals surface area (Å²) in [6, 6.07) is 19.0. The third-order valence-electron chi connectivity index (χ3n) is 4.29. The lowest BCUT2D eigenvalue weighted by Crippen LogP contribution is -2.16. The third-order valence-corrected chi connectivity index (χ3v) is 4.29. The number of carbonyl (C=O) groups is 2. The fourth-order valence-corrected chi connectivity index (χ4v) is 2.67. The molecule has 3 rings (SSSR count). The lowest BCUT2D eigenvalue weighted by Gasteiger charge is -2.11. The smallest absolute Gasteiger partial charge is 0.259 e. The van der Waals surface area contributed by atoms with E-state index >= 15 is 0 Å². The quantitative estimate of drug-likeness (QED) is 0.640. The van der Waals surface area contributed by atoms with Crippen molar-refractivity contribution >= 4 is 23.2 Å². The predicted molar refractivity (Wildman–Crippen MR) is 106 cm³/mol. The van der Waals surface area contributed by atoms with Crippen molar-refractivity contribution < 1.29 is 14.7 Å². The molecular formula is C22H20N2O3. The van der Waals surface area contributed by atoms with E-state index in [1.54, 1.807) is 12.1 Å². The second-order valence-corrected chi connectivity index (χ2v) is 6.27. The van der Waals surface area contributed by atoms with E-state index in [4.69, 9.17) is 0 Å². The largest absolute Gasteiger partial charge is 0.507 e. The fraction of sp³-hybridized carbons (Fsp3) is 0.0909. The molecule has 0 aromatic heterocycles. The molecule has 0 saturated carbocycles. The molecule has 27 heavy (non-hydrogen) atoms. The van der Waals surface area contributed by atoms with Crippen molar-refractivity contribution in [1.82, 2.24) is 0 Å². The van der Waals surface area contributed by atoms with E-state index in [0.29, 0.717) is 11.4 Å². The lowest BCUT2D eigenvalue weighted by molar-refractivity contribution is 0.102. The zero-order valence-corrected chi connectivity index (χ0v) is 15.1. The van der Waals surface area contributed by atoms with Crippen molar-refractivity contribution in [1.29, 1.82) is 0 Å². The van der Waals surface area contributed by atoms with Crippen LogP contribution in [-0.2, 0) is 0 Å². The standard InChI is InChI=1S/C22H20N2O3/c1-14-7-3-5-9-18(14)23-21(26)16-11-12-20(25)17(13-16)22(27)24-19-10-6-4-8-15(19)2/h3-13,25H,1-2H3,(H,23,26)(H,24,27). The highest BCUT2D eigenvalue weighted by Gasteiger charge is 2.16. The van der Waals surface area contributed by atoms with Gasteiger partial charge in [-0.1, -0.05) is 36.4 Å². The fourth-order valence-electron chi connectivity index (χ4n) is 2.67. The number of nitrogens with one attached hydrogen (secondary N) is 2. The van der Waals surface area contributed by atoms with Crippen LogP contribution in [-0.4, -0.2) is 16.9 Å². The van der Waals surface area contributed by atoms with Crippen LogP contribution in [0.5, 0.6) is 5.75 Å². The minimum atomic E-state index is -0.479. The summed E-state index contributed by atoms with van der Waals surface area (Å²) < 4.78 is 0. The molecule has 5 nitrogen and oxygen atoms in total. The summed E-state index contributed by atoms with van der Waals surface area (Å²) in [5.74, 6) is -1.02. The molecule has 0 unspecified atom stereocenters. The van der Waals surface area contributed by atoms with E-state index < -0.39 is 5.91 Å². The maximum atomic E-state index is 12.6. The Kier molecular flexibility index (Phi) is 5.22.